The summed E-state index contributed by atoms with van der Waals surface area (Å²) in [5.41, 5.74) is 0.134. The summed E-state index contributed by atoms with van der Waals surface area (Å²) < 4.78 is 40.2. The number of benzene rings is 1. The summed E-state index contributed by atoms with van der Waals surface area (Å²) >= 11 is 1.45. The average molecular weight is 285 g/mol. The molecule has 0 aliphatic heterocycles. The Kier molecular flexibility index (Phi) is 4.61. The molecule has 0 spiro atoms. The molecule has 0 saturated heterocycles. The van der Waals surface area contributed by atoms with Crippen LogP contribution in [0.25, 0.3) is 0 Å². The normalized spacial score (nSPS) is 12.6. The number of hydrogen-bond donors (Lipinski definition) is 1. The van der Waals surface area contributed by atoms with Crippen molar-refractivity contribution in [2.24, 2.45) is 0 Å². The zero-order valence-corrected chi connectivity index (χ0v) is 11.2. The molecule has 1 unspecified atom stereocenters. The Hall–Kier alpha value is -1.33. The highest BCUT2D eigenvalue weighted by Gasteiger charge is 2.20. The molecule has 2 rings (SSSR count). The number of nitrogens with one attached hydrogen (secondary N) is 1. The van der Waals surface area contributed by atoms with Crippen LogP contribution in [0, 0.1) is 17.5 Å². The van der Waals surface area contributed by atoms with Crippen LogP contribution in [-0.2, 0) is 0 Å². The molecule has 1 atom stereocenters. The lowest BCUT2D eigenvalue weighted by molar-refractivity contribution is 0.480. The van der Waals surface area contributed by atoms with Crippen molar-refractivity contribution < 1.29 is 13.2 Å². The van der Waals surface area contributed by atoms with Crippen LogP contribution >= 0.6 is 11.3 Å². The monoisotopic (exact) mass is 285 g/mol. The summed E-state index contributed by atoms with van der Waals surface area (Å²) in [6.07, 6.45) is 0.868. The number of hydrogen-bond acceptors (Lipinski definition) is 2. The van der Waals surface area contributed by atoms with Crippen molar-refractivity contribution in [3.63, 3.8) is 0 Å². The first-order valence-corrected chi connectivity index (χ1v) is 6.92. The minimum Gasteiger partial charge on any atom is -0.306 e. The van der Waals surface area contributed by atoms with Crippen molar-refractivity contribution >= 4 is 11.3 Å². The molecular formula is C14H14F3NS. The SMILES string of the molecule is CCCNC(c1cccs1)c1cc(F)c(F)cc1F. The van der Waals surface area contributed by atoms with Crippen molar-refractivity contribution in [1.29, 1.82) is 0 Å². The third-order valence-corrected chi connectivity index (χ3v) is 3.71. The molecule has 0 bridgehead atoms. The first-order chi connectivity index (χ1) is 9.13. The highest BCUT2D eigenvalue weighted by atomic mass is 32.1. The van der Waals surface area contributed by atoms with Gasteiger partial charge in [0, 0.05) is 16.5 Å². The lowest BCUT2D eigenvalue weighted by Gasteiger charge is -2.18. The predicted molar refractivity (Wildman–Crippen MR) is 70.8 cm³/mol. The smallest absolute Gasteiger partial charge is 0.161 e. The Morgan fingerprint density at radius 3 is 2.53 bits per heavy atom. The van der Waals surface area contributed by atoms with Gasteiger partial charge < -0.3 is 5.32 Å². The lowest BCUT2D eigenvalue weighted by Crippen LogP contribution is -2.23. The van der Waals surface area contributed by atoms with Crippen LogP contribution in [0.2, 0.25) is 0 Å². The molecule has 19 heavy (non-hydrogen) atoms. The number of halogens is 3. The molecule has 1 aromatic carbocycles. The summed E-state index contributed by atoms with van der Waals surface area (Å²) in [7, 11) is 0. The average Bonchev–Trinajstić information content (AvgIpc) is 2.89. The molecule has 1 heterocycles. The van der Waals surface area contributed by atoms with Gasteiger partial charge in [-0.25, -0.2) is 13.2 Å². The van der Waals surface area contributed by atoms with E-state index in [-0.39, 0.29) is 5.56 Å². The minimum absolute atomic E-state index is 0.134. The molecule has 0 saturated carbocycles. The van der Waals surface area contributed by atoms with E-state index in [2.05, 4.69) is 5.32 Å². The van der Waals surface area contributed by atoms with Gasteiger partial charge in [-0.3, -0.25) is 0 Å². The van der Waals surface area contributed by atoms with Crippen LogP contribution < -0.4 is 5.32 Å². The van der Waals surface area contributed by atoms with Gasteiger partial charge in [0.1, 0.15) is 5.82 Å². The van der Waals surface area contributed by atoms with Gasteiger partial charge in [0.05, 0.1) is 6.04 Å². The van der Waals surface area contributed by atoms with Gasteiger partial charge in [0.15, 0.2) is 11.6 Å². The topological polar surface area (TPSA) is 12.0 Å². The molecule has 2 aromatic rings. The second-order valence-electron chi connectivity index (χ2n) is 4.19. The van der Waals surface area contributed by atoms with Crippen molar-refractivity contribution in [1.82, 2.24) is 5.32 Å². The minimum atomic E-state index is -1.17. The quantitative estimate of drug-likeness (QED) is 0.810. The molecule has 5 heteroatoms. The Balaban J connectivity index is 2.40. The zero-order valence-electron chi connectivity index (χ0n) is 10.4. The summed E-state index contributed by atoms with van der Waals surface area (Å²) in [5, 5.41) is 5.03. The molecule has 102 valence electrons. The van der Waals surface area contributed by atoms with E-state index in [9.17, 15) is 13.2 Å². The van der Waals surface area contributed by atoms with Gasteiger partial charge in [0.2, 0.25) is 0 Å². The van der Waals surface area contributed by atoms with Gasteiger partial charge in [0.25, 0.3) is 0 Å². The van der Waals surface area contributed by atoms with Crippen LogP contribution in [0.1, 0.15) is 29.8 Å². The fraction of sp³-hybridized carbons (Fsp3) is 0.286. The second kappa shape index (κ2) is 6.21. The summed E-state index contributed by atoms with van der Waals surface area (Å²) in [6.45, 7) is 2.65. The second-order valence-corrected chi connectivity index (χ2v) is 5.17. The number of thiophene rings is 1. The van der Waals surface area contributed by atoms with Crippen LogP contribution in [0.4, 0.5) is 13.2 Å². The third-order valence-electron chi connectivity index (χ3n) is 2.78. The third kappa shape index (κ3) is 3.16. The molecule has 0 aliphatic rings. The fourth-order valence-electron chi connectivity index (χ4n) is 1.87. The summed E-state index contributed by atoms with van der Waals surface area (Å²) in [6, 6.07) is 4.77. The maximum atomic E-state index is 13.9. The highest BCUT2D eigenvalue weighted by Crippen LogP contribution is 2.29. The molecule has 0 aliphatic carbocycles. The Labute approximate surface area is 114 Å². The zero-order chi connectivity index (χ0) is 13.8. The molecule has 1 aromatic heterocycles. The molecule has 1 N–H and O–H groups in total. The fourth-order valence-corrected chi connectivity index (χ4v) is 2.68. The van der Waals surface area contributed by atoms with Crippen LogP contribution in [-0.4, -0.2) is 6.54 Å². The lowest BCUT2D eigenvalue weighted by atomic mass is 10.0. The first-order valence-electron chi connectivity index (χ1n) is 6.04. The summed E-state index contributed by atoms with van der Waals surface area (Å²) in [5.74, 6) is -2.93. The maximum absolute atomic E-state index is 13.9. The predicted octanol–water partition coefficient (Wildman–Crippen LogP) is 4.25. The first kappa shape index (κ1) is 14.1. The molecule has 0 fully saturated rings. The van der Waals surface area contributed by atoms with E-state index in [1.165, 1.54) is 11.3 Å². The van der Waals surface area contributed by atoms with Crippen LogP contribution in [0.5, 0.6) is 0 Å². The van der Waals surface area contributed by atoms with Crippen molar-refractivity contribution in [3.05, 3.63) is 57.5 Å². The Morgan fingerprint density at radius 2 is 1.89 bits per heavy atom. The largest absolute Gasteiger partial charge is 0.306 e. The maximum Gasteiger partial charge on any atom is 0.161 e. The highest BCUT2D eigenvalue weighted by molar-refractivity contribution is 7.10. The van der Waals surface area contributed by atoms with E-state index in [1.54, 1.807) is 0 Å². The van der Waals surface area contributed by atoms with E-state index < -0.39 is 23.5 Å². The van der Waals surface area contributed by atoms with E-state index in [1.807, 2.05) is 24.4 Å². The van der Waals surface area contributed by atoms with Crippen molar-refractivity contribution in [3.8, 4) is 0 Å². The summed E-state index contributed by atoms with van der Waals surface area (Å²) in [4.78, 5) is 0.873. The van der Waals surface area contributed by atoms with Gasteiger partial charge in [-0.1, -0.05) is 13.0 Å². The van der Waals surface area contributed by atoms with Gasteiger partial charge in [-0.05, 0) is 30.5 Å². The molecule has 1 nitrogen and oxygen atoms in total. The molecular weight excluding hydrogens is 271 g/mol. The van der Waals surface area contributed by atoms with Gasteiger partial charge in [-0.2, -0.15) is 0 Å². The van der Waals surface area contributed by atoms with Crippen LogP contribution in [0.15, 0.2) is 29.6 Å². The van der Waals surface area contributed by atoms with Gasteiger partial charge >= 0.3 is 0 Å². The molecule has 0 amide bonds. The standard InChI is InChI=1S/C14H14F3NS/c1-2-5-18-14(13-4-3-6-19-13)9-7-11(16)12(17)8-10(9)15/h3-4,6-8,14,18H,2,5H2,1H3. The number of rotatable bonds is 5. The van der Waals surface area contributed by atoms with E-state index in [0.717, 1.165) is 17.4 Å². The van der Waals surface area contributed by atoms with Crippen LogP contribution in [0.3, 0.4) is 0 Å². The van der Waals surface area contributed by atoms with Crippen molar-refractivity contribution in [2.75, 3.05) is 6.54 Å². The van der Waals surface area contributed by atoms with E-state index >= 15 is 0 Å². The van der Waals surface area contributed by atoms with Gasteiger partial charge in [-0.15, -0.1) is 11.3 Å². The van der Waals surface area contributed by atoms with E-state index in [0.29, 0.717) is 12.6 Å². The Bertz CT molecular complexity index is 540. The Morgan fingerprint density at radius 1 is 1.16 bits per heavy atom. The van der Waals surface area contributed by atoms with Crippen molar-refractivity contribution in [2.45, 2.75) is 19.4 Å². The molecule has 0 radical (unpaired) electrons. The van der Waals surface area contributed by atoms with E-state index in [4.69, 9.17) is 0 Å².